The SMILES string of the molecule is CS(=O)Cc1ccc(Cl)c(NCc2cc(-c3ccc(Cl)cc3)no2)c1. The summed E-state index contributed by atoms with van der Waals surface area (Å²) in [5.41, 5.74) is 3.42. The normalized spacial score (nSPS) is 12.1. The van der Waals surface area contributed by atoms with Crippen LogP contribution in [-0.2, 0) is 23.1 Å². The van der Waals surface area contributed by atoms with Gasteiger partial charge in [-0.3, -0.25) is 4.21 Å². The van der Waals surface area contributed by atoms with E-state index >= 15 is 0 Å². The lowest BCUT2D eigenvalue weighted by Crippen LogP contribution is -2.00. The molecule has 1 atom stereocenters. The Bertz CT molecular complexity index is 894. The molecule has 0 amide bonds. The molecule has 3 aromatic rings. The Morgan fingerprint density at radius 3 is 2.60 bits per heavy atom. The molecule has 1 aromatic heterocycles. The van der Waals surface area contributed by atoms with Crippen molar-refractivity contribution in [2.45, 2.75) is 12.3 Å². The highest BCUT2D eigenvalue weighted by atomic mass is 35.5. The standard InChI is InChI=1S/C18H16Cl2N2O2S/c1-25(23)11-12-2-7-16(20)18(8-12)21-10-15-9-17(22-24-15)13-3-5-14(19)6-4-13/h2-9,21H,10-11H2,1H3. The molecule has 1 heterocycles. The second-order valence-electron chi connectivity index (χ2n) is 5.57. The fourth-order valence-corrected chi connectivity index (χ4v) is 3.33. The van der Waals surface area contributed by atoms with Crippen LogP contribution in [0.2, 0.25) is 10.0 Å². The monoisotopic (exact) mass is 394 g/mol. The minimum atomic E-state index is -0.900. The van der Waals surface area contributed by atoms with Gasteiger partial charge in [0.15, 0.2) is 5.76 Å². The maximum absolute atomic E-state index is 11.4. The van der Waals surface area contributed by atoms with Crippen LogP contribution in [0.15, 0.2) is 53.1 Å². The lowest BCUT2D eigenvalue weighted by molar-refractivity contribution is 0.390. The molecule has 7 heteroatoms. The quantitative estimate of drug-likeness (QED) is 0.628. The summed E-state index contributed by atoms with van der Waals surface area (Å²) in [4.78, 5) is 0. The fraction of sp³-hybridized carbons (Fsp3) is 0.167. The number of nitrogens with one attached hydrogen (secondary N) is 1. The zero-order chi connectivity index (χ0) is 17.8. The van der Waals surface area contributed by atoms with E-state index in [1.807, 2.05) is 42.5 Å². The van der Waals surface area contributed by atoms with Crippen LogP contribution < -0.4 is 5.32 Å². The summed E-state index contributed by atoms with van der Waals surface area (Å²) in [6.45, 7) is 0.443. The van der Waals surface area contributed by atoms with Crippen LogP contribution >= 0.6 is 23.2 Å². The molecule has 25 heavy (non-hydrogen) atoms. The van der Waals surface area contributed by atoms with E-state index < -0.39 is 10.8 Å². The van der Waals surface area contributed by atoms with Crippen LogP contribution in [0.5, 0.6) is 0 Å². The third kappa shape index (κ3) is 4.84. The molecule has 0 bridgehead atoms. The molecule has 4 nitrogen and oxygen atoms in total. The first-order chi connectivity index (χ1) is 12.0. The lowest BCUT2D eigenvalue weighted by Gasteiger charge is -2.08. The van der Waals surface area contributed by atoms with Gasteiger partial charge in [0.2, 0.25) is 0 Å². The first kappa shape index (κ1) is 18.0. The van der Waals surface area contributed by atoms with E-state index in [9.17, 15) is 4.21 Å². The Morgan fingerprint density at radius 2 is 1.88 bits per heavy atom. The largest absolute Gasteiger partial charge is 0.376 e. The third-order valence-electron chi connectivity index (χ3n) is 3.55. The summed E-state index contributed by atoms with van der Waals surface area (Å²) >= 11 is 12.1. The van der Waals surface area contributed by atoms with Crippen molar-refractivity contribution in [3.05, 3.63) is 69.9 Å². The smallest absolute Gasteiger partial charge is 0.156 e. The van der Waals surface area contributed by atoms with Crippen LogP contribution in [0.1, 0.15) is 11.3 Å². The zero-order valence-corrected chi connectivity index (χ0v) is 15.8. The molecule has 0 aliphatic rings. The van der Waals surface area contributed by atoms with Crippen LogP contribution in [-0.4, -0.2) is 15.6 Å². The predicted molar refractivity (Wildman–Crippen MR) is 103 cm³/mol. The third-order valence-corrected chi connectivity index (χ3v) is 4.87. The van der Waals surface area contributed by atoms with Gasteiger partial charge in [0.25, 0.3) is 0 Å². The van der Waals surface area contributed by atoms with Gasteiger partial charge in [-0.2, -0.15) is 0 Å². The van der Waals surface area contributed by atoms with Gasteiger partial charge in [-0.15, -0.1) is 0 Å². The summed E-state index contributed by atoms with van der Waals surface area (Å²) in [7, 11) is -0.900. The van der Waals surface area contributed by atoms with Crippen LogP contribution in [0.3, 0.4) is 0 Å². The highest BCUT2D eigenvalue weighted by molar-refractivity contribution is 7.83. The summed E-state index contributed by atoms with van der Waals surface area (Å²) in [6.07, 6.45) is 1.68. The first-order valence-corrected chi connectivity index (χ1v) is 10.0. The van der Waals surface area contributed by atoms with Crippen molar-refractivity contribution in [2.24, 2.45) is 0 Å². The summed E-state index contributed by atoms with van der Waals surface area (Å²) in [5, 5.41) is 8.59. The minimum absolute atomic E-state index is 0.443. The summed E-state index contributed by atoms with van der Waals surface area (Å²) in [6, 6.07) is 14.9. The number of hydrogen-bond acceptors (Lipinski definition) is 4. The van der Waals surface area contributed by atoms with E-state index in [1.165, 1.54) is 0 Å². The van der Waals surface area contributed by atoms with Gasteiger partial charge in [0, 0.05) is 39.5 Å². The lowest BCUT2D eigenvalue weighted by atomic mass is 10.1. The van der Waals surface area contributed by atoms with Crippen molar-refractivity contribution in [3.8, 4) is 11.3 Å². The summed E-state index contributed by atoms with van der Waals surface area (Å²) < 4.78 is 16.7. The maximum Gasteiger partial charge on any atom is 0.156 e. The molecule has 0 fully saturated rings. The topological polar surface area (TPSA) is 55.1 Å². The highest BCUT2D eigenvalue weighted by Gasteiger charge is 2.08. The Labute approximate surface area is 158 Å². The van der Waals surface area contributed by atoms with Gasteiger partial charge in [-0.05, 0) is 29.8 Å². The fourth-order valence-electron chi connectivity index (χ4n) is 2.37. The molecule has 2 aromatic carbocycles. The van der Waals surface area contributed by atoms with Crippen molar-refractivity contribution >= 4 is 39.7 Å². The molecule has 1 unspecified atom stereocenters. The zero-order valence-electron chi connectivity index (χ0n) is 13.5. The Balaban J connectivity index is 1.70. The molecule has 1 N–H and O–H groups in total. The molecule has 0 spiro atoms. The number of hydrogen-bond donors (Lipinski definition) is 1. The van der Waals surface area contributed by atoms with Gasteiger partial charge in [0.1, 0.15) is 5.69 Å². The number of rotatable bonds is 6. The van der Waals surface area contributed by atoms with Crippen molar-refractivity contribution < 1.29 is 8.73 Å². The average molecular weight is 395 g/mol. The molecule has 0 aliphatic carbocycles. The van der Waals surface area contributed by atoms with Gasteiger partial charge >= 0.3 is 0 Å². The number of aromatic nitrogens is 1. The van der Waals surface area contributed by atoms with E-state index in [2.05, 4.69) is 10.5 Å². The molecular weight excluding hydrogens is 379 g/mol. The molecule has 0 aliphatic heterocycles. The van der Waals surface area contributed by atoms with E-state index in [0.717, 1.165) is 22.5 Å². The van der Waals surface area contributed by atoms with E-state index in [1.54, 1.807) is 12.3 Å². The van der Waals surface area contributed by atoms with E-state index in [-0.39, 0.29) is 0 Å². The number of anilines is 1. The number of halogens is 2. The second-order valence-corrected chi connectivity index (χ2v) is 7.85. The second kappa shape index (κ2) is 8.04. The van der Waals surface area contributed by atoms with Crippen LogP contribution in [0.25, 0.3) is 11.3 Å². The first-order valence-electron chi connectivity index (χ1n) is 7.55. The van der Waals surface area contributed by atoms with Crippen molar-refractivity contribution in [1.82, 2.24) is 5.16 Å². The maximum atomic E-state index is 11.4. The van der Waals surface area contributed by atoms with E-state index in [0.29, 0.717) is 28.1 Å². The number of nitrogens with zero attached hydrogens (tertiary/aromatic N) is 1. The van der Waals surface area contributed by atoms with Crippen molar-refractivity contribution in [2.75, 3.05) is 11.6 Å². The highest BCUT2D eigenvalue weighted by Crippen LogP contribution is 2.25. The van der Waals surface area contributed by atoms with Crippen molar-refractivity contribution in [1.29, 1.82) is 0 Å². The van der Waals surface area contributed by atoms with Gasteiger partial charge in [-0.25, -0.2) is 0 Å². The van der Waals surface area contributed by atoms with E-state index in [4.69, 9.17) is 27.7 Å². The molecular formula is C18H16Cl2N2O2S. The van der Waals surface area contributed by atoms with Crippen LogP contribution in [0.4, 0.5) is 5.69 Å². The Kier molecular flexibility index (Phi) is 5.78. The predicted octanol–water partition coefficient (Wildman–Crippen LogP) is 5.14. The molecule has 3 rings (SSSR count). The molecule has 0 saturated heterocycles. The molecule has 130 valence electrons. The molecule has 0 saturated carbocycles. The summed E-state index contributed by atoms with van der Waals surface area (Å²) in [5.74, 6) is 1.18. The van der Waals surface area contributed by atoms with Crippen LogP contribution in [0, 0.1) is 0 Å². The molecule has 0 radical (unpaired) electrons. The van der Waals surface area contributed by atoms with Crippen molar-refractivity contribution in [3.63, 3.8) is 0 Å². The van der Waals surface area contributed by atoms with Gasteiger partial charge < -0.3 is 9.84 Å². The average Bonchev–Trinajstić information content (AvgIpc) is 3.04. The number of benzene rings is 2. The van der Waals surface area contributed by atoms with Gasteiger partial charge in [0.05, 0.1) is 17.3 Å². The van der Waals surface area contributed by atoms with Gasteiger partial charge in [-0.1, -0.05) is 46.6 Å². The Morgan fingerprint density at radius 1 is 1.12 bits per heavy atom. The Hall–Kier alpha value is -1.82. The minimum Gasteiger partial charge on any atom is -0.376 e.